The largest absolute Gasteiger partial charge is 0.769 e. The zero-order chi connectivity index (χ0) is 5.86. The molecule has 0 rings (SSSR count). The van der Waals surface area contributed by atoms with Crippen LogP contribution in [0.2, 0.25) is 0 Å². The summed E-state index contributed by atoms with van der Waals surface area (Å²) in [7, 11) is 0. The van der Waals surface area contributed by atoms with Gasteiger partial charge in [-0.3, -0.25) is 4.21 Å². The minimum absolute atomic E-state index is 0.201. The molecule has 7 heavy (non-hydrogen) atoms. The first-order chi connectivity index (χ1) is 3.13. The Morgan fingerprint density at radius 1 is 1.71 bits per heavy atom. The van der Waals surface area contributed by atoms with Crippen molar-refractivity contribution >= 4 is 11.1 Å². The summed E-state index contributed by atoms with van der Waals surface area (Å²) < 4.78 is 19.1. The molecule has 0 aliphatic heterocycles. The first-order valence-corrected chi connectivity index (χ1v) is 2.57. The summed E-state index contributed by atoms with van der Waals surface area (Å²) in [6.45, 7) is 0. The van der Waals surface area contributed by atoms with E-state index in [1.807, 2.05) is 0 Å². The summed E-state index contributed by atoms with van der Waals surface area (Å²) in [5, 5.41) is 0.722. The highest BCUT2D eigenvalue weighted by atomic mass is 32.2. The van der Waals surface area contributed by atoms with Crippen LogP contribution in [0.15, 0.2) is 11.2 Å². The molecule has 0 aromatic heterocycles. The standard InChI is InChI=1S/C2H6N2O2S/c3-2(4)1-7(5)6/h1H,3-4H2,(H,5,6)/p-1. The Hall–Kier alpha value is -0.550. The van der Waals surface area contributed by atoms with E-state index in [-0.39, 0.29) is 5.82 Å². The van der Waals surface area contributed by atoms with Crippen molar-refractivity contribution in [1.29, 1.82) is 0 Å². The van der Waals surface area contributed by atoms with Crippen LogP contribution in [0.4, 0.5) is 0 Å². The van der Waals surface area contributed by atoms with Gasteiger partial charge in [-0.15, -0.1) is 0 Å². The van der Waals surface area contributed by atoms with Gasteiger partial charge in [-0.2, -0.15) is 0 Å². The van der Waals surface area contributed by atoms with E-state index in [0.29, 0.717) is 0 Å². The van der Waals surface area contributed by atoms with Gasteiger partial charge in [0.05, 0.1) is 0 Å². The fourth-order valence-corrected chi connectivity index (χ4v) is 0.333. The highest BCUT2D eigenvalue weighted by Gasteiger charge is 1.72. The summed E-state index contributed by atoms with van der Waals surface area (Å²) in [6.07, 6.45) is 0. The average molecular weight is 121 g/mol. The summed E-state index contributed by atoms with van der Waals surface area (Å²) in [6, 6.07) is 0. The molecule has 0 aromatic carbocycles. The van der Waals surface area contributed by atoms with Crippen LogP contribution in [0.1, 0.15) is 0 Å². The molecule has 0 aliphatic rings. The molecule has 0 saturated carbocycles. The van der Waals surface area contributed by atoms with E-state index in [4.69, 9.17) is 11.5 Å². The summed E-state index contributed by atoms with van der Waals surface area (Å²) >= 11 is -2.26. The van der Waals surface area contributed by atoms with Crippen LogP contribution >= 0.6 is 0 Å². The fourth-order valence-electron chi connectivity index (χ4n) is 0.111. The molecule has 0 aromatic rings. The van der Waals surface area contributed by atoms with E-state index in [1.165, 1.54) is 0 Å². The zero-order valence-corrected chi connectivity index (χ0v) is 4.27. The third kappa shape index (κ3) is 5.45. The van der Waals surface area contributed by atoms with Crippen LogP contribution in [0, 0.1) is 0 Å². The molecule has 4 N–H and O–H groups in total. The quantitative estimate of drug-likeness (QED) is 0.416. The van der Waals surface area contributed by atoms with Gasteiger partial charge in [0.1, 0.15) is 5.82 Å². The molecule has 0 fully saturated rings. The van der Waals surface area contributed by atoms with Gasteiger partial charge in [0.15, 0.2) is 0 Å². The van der Waals surface area contributed by atoms with Gasteiger partial charge in [0, 0.05) is 5.41 Å². The third-order valence-electron chi connectivity index (χ3n) is 0.232. The van der Waals surface area contributed by atoms with Crippen molar-refractivity contribution < 1.29 is 8.76 Å². The minimum Gasteiger partial charge on any atom is -0.769 e. The molecule has 42 valence electrons. The molecule has 1 unspecified atom stereocenters. The lowest BCUT2D eigenvalue weighted by atomic mass is 10.9. The normalized spacial score (nSPS) is 12.7. The van der Waals surface area contributed by atoms with Crippen LogP contribution in [0.25, 0.3) is 0 Å². The van der Waals surface area contributed by atoms with Crippen LogP contribution < -0.4 is 11.5 Å². The predicted molar refractivity (Wildman–Crippen MR) is 25.4 cm³/mol. The topological polar surface area (TPSA) is 92.2 Å². The van der Waals surface area contributed by atoms with E-state index < -0.39 is 11.1 Å². The Bertz CT molecular complexity index is 106. The summed E-state index contributed by atoms with van der Waals surface area (Å²) in [5.74, 6) is -0.201. The van der Waals surface area contributed by atoms with Crippen molar-refractivity contribution in [1.82, 2.24) is 0 Å². The molecule has 0 radical (unpaired) electrons. The molecule has 0 aliphatic carbocycles. The molecular formula is C2H5N2O2S-. The zero-order valence-electron chi connectivity index (χ0n) is 3.46. The average Bonchev–Trinajstić information content (AvgIpc) is 1.27. The van der Waals surface area contributed by atoms with Gasteiger partial charge in [0.2, 0.25) is 0 Å². The lowest BCUT2D eigenvalue weighted by molar-refractivity contribution is 0.546. The van der Waals surface area contributed by atoms with Crippen LogP contribution in [-0.2, 0) is 11.1 Å². The maximum Gasteiger partial charge on any atom is 0.101 e. The molecular weight excluding hydrogens is 116 g/mol. The SMILES string of the molecule is NC(N)=CS(=O)[O-]. The minimum atomic E-state index is -2.26. The van der Waals surface area contributed by atoms with Crippen molar-refractivity contribution in [2.75, 3.05) is 0 Å². The second kappa shape index (κ2) is 2.59. The first-order valence-electron chi connectivity index (χ1n) is 1.44. The Kier molecular flexibility index (Phi) is 2.39. The van der Waals surface area contributed by atoms with Gasteiger partial charge in [-0.1, -0.05) is 0 Å². The number of nitrogens with two attached hydrogens (primary N) is 2. The van der Waals surface area contributed by atoms with Gasteiger partial charge < -0.3 is 16.0 Å². The van der Waals surface area contributed by atoms with Crippen LogP contribution in [-0.4, -0.2) is 8.76 Å². The Morgan fingerprint density at radius 2 is 2.14 bits per heavy atom. The van der Waals surface area contributed by atoms with Gasteiger partial charge >= 0.3 is 0 Å². The molecule has 0 heterocycles. The van der Waals surface area contributed by atoms with Crippen LogP contribution in [0.5, 0.6) is 0 Å². The molecule has 4 nitrogen and oxygen atoms in total. The molecule has 0 spiro atoms. The maximum absolute atomic E-state index is 9.57. The Labute approximate surface area is 43.5 Å². The first kappa shape index (κ1) is 6.45. The Morgan fingerprint density at radius 3 is 2.14 bits per heavy atom. The monoisotopic (exact) mass is 121 g/mol. The van der Waals surface area contributed by atoms with E-state index in [1.54, 1.807) is 0 Å². The van der Waals surface area contributed by atoms with Crippen molar-refractivity contribution in [3.63, 3.8) is 0 Å². The predicted octanol–water partition coefficient (Wildman–Crippen LogP) is -1.42. The van der Waals surface area contributed by atoms with Crippen molar-refractivity contribution in [3.8, 4) is 0 Å². The number of rotatable bonds is 1. The molecule has 1 atom stereocenters. The number of hydrogen-bond acceptors (Lipinski definition) is 4. The fraction of sp³-hybridized carbons (Fsp3) is 0. The van der Waals surface area contributed by atoms with Gasteiger partial charge in [-0.05, 0) is 11.1 Å². The van der Waals surface area contributed by atoms with Crippen molar-refractivity contribution in [2.24, 2.45) is 11.5 Å². The second-order valence-electron chi connectivity index (χ2n) is 0.878. The highest BCUT2D eigenvalue weighted by Crippen LogP contribution is 1.74. The lowest BCUT2D eigenvalue weighted by Crippen LogP contribution is -2.08. The van der Waals surface area contributed by atoms with Gasteiger partial charge in [0.25, 0.3) is 0 Å². The van der Waals surface area contributed by atoms with E-state index in [9.17, 15) is 8.76 Å². The Balaban J connectivity index is 3.68. The smallest absolute Gasteiger partial charge is 0.101 e. The van der Waals surface area contributed by atoms with E-state index in [2.05, 4.69) is 0 Å². The van der Waals surface area contributed by atoms with Crippen LogP contribution in [0.3, 0.4) is 0 Å². The van der Waals surface area contributed by atoms with Crippen molar-refractivity contribution in [2.45, 2.75) is 0 Å². The summed E-state index contributed by atoms with van der Waals surface area (Å²) in [4.78, 5) is 0. The lowest BCUT2D eigenvalue weighted by Gasteiger charge is -1.94. The molecule has 0 saturated heterocycles. The second-order valence-corrected chi connectivity index (χ2v) is 1.64. The van der Waals surface area contributed by atoms with Crippen molar-refractivity contribution in [3.05, 3.63) is 11.2 Å². The summed E-state index contributed by atoms with van der Waals surface area (Å²) in [5.41, 5.74) is 9.48. The van der Waals surface area contributed by atoms with E-state index in [0.717, 1.165) is 5.41 Å². The molecule has 0 bridgehead atoms. The van der Waals surface area contributed by atoms with E-state index >= 15 is 0 Å². The van der Waals surface area contributed by atoms with Gasteiger partial charge in [-0.25, -0.2) is 0 Å². The number of hydrogen-bond donors (Lipinski definition) is 2. The third-order valence-corrected chi connectivity index (χ3v) is 0.697. The molecule has 0 amide bonds. The maximum atomic E-state index is 9.57. The highest BCUT2D eigenvalue weighted by molar-refractivity contribution is 7.82. The molecule has 5 heteroatoms.